The highest BCUT2D eigenvalue weighted by Gasteiger charge is 2.22. The zero-order valence-electron chi connectivity index (χ0n) is 14.8. The third kappa shape index (κ3) is 5.03. The Morgan fingerprint density at radius 3 is 2.36 bits per heavy atom. The second kappa shape index (κ2) is 8.62. The number of nitrogens with zero attached hydrogens (tertiary/aromatic N) is 1. The number of hydrogen-bond acceptors (Lipinski definition) is 6. The summed E-state index contributed by atoms with van der Waals surface area (Å²) in [6.07, 6.45) is 2.32. The third-order valence-corrected chi connectivity index (χ3v) is 4.43. The van der Waals surface area contributed by atoms with Crippen molar-refractivity contribution < 1.29 is 23.9 Å². The summed E-state index contributed by atoms with van der Waals surface area (Å²) in [5.74, 6) is -0.975. The molecule has 0 atom stereocenters. The minimum atomic E-state index is -0.578. The van der Waals surface area contributed by atoms with Crippen molar-refractivity contribution in [1.82, 2.24) is 4.90 Å². The number of carbonyl (C=O) groups excluding carboxylic acids is 3. The highest BCUT2D eigenvalue weighted by molar-refractivity contribution is 6.03. The van der Waals surface area contributed by atoms with E-state index >= 15 is 0 Å². The number of ether oxygens (including phenoxy) is 2. The highest BCUT2D eigenvalue weighted by Crippen LogP contribution is 2.23. The maximum atomic E-state index is 12.4. The predicted molar refractivity (Wildman–Crippen MR) is 92.6 cm³/mol. The summed E-state index contributed by atoms with van der Waals surface area (Å²) in [5.41, 5.74) is 0.712. The third-order valence-electron chi connectivity index (χ3n) is 4.43. The Kier molecular flexibility index (Phi) is 6.52. The van der Waals surface area contributed by atoms with Gasteiger partial charge in [0.1, 0.15) is 0 Å². The normalized spacial score (nSPS) is 15.5. The van der Waals surface area contributed by atoms with E-state index in [1.807, 2.05) is 0 Å². The van der Waals surface area contributed by atoms with Crippen molar-refractivity contribution in [2.75, 3.05) is 39.7 Å². The maximum Gasteiger partial charge on any atom is 0.339 e. The van der Waals surface area contributed by atoms with E-state index in [0.29, 0.717) is 12.3 Å². The number of rotatable bonds is 5. The van der Waals surface area contributed by atoms with Crippen molar-refractivity contribution in [2.45, 2.75) is 19.3 Å². The zero-order chi connectivity index (χ0) is 18.4. The molecule has 1 aliphatic heterocycles. The molecule has 0 radical (unpaired) electrons. The van der Waals surface area contributed by atoms with Crippen LogP contribution in [0.15, 0.2) is 18.2 Å². The second-order valence-corrected chi connectivity index (χ2v) is 6.24. The summed E-state index contributed by atoms with van der Waals surface area (Å²) in [7, 11) is 4.60. The number of carbonyl (C=O) groups is 3. The van der Waals surface area contributed by atoms with Gasteiger partial charge < -0.3 is 19.7 Å². The predicted octanol–water partition coefficient (Wildman–Crippen LogP) is 1.93. The number of piperidine rings is 1. The Morgan fingerprint density at radius 1 is 1.12 bits per heavy atom. The van der Waals surface area contributed by atoms with Gasteiger partial charge in [0.25, 0.3) is 0 Å². The lowest BCUT2D eigenvalue weighted by molar-refractivity contribution is -0.117. The lowest BCUT2D eigenvalue weighted by atomic mass is 9.93. The summed E-state index contributed by atoms with van der Waals surface area (Å²) in [5, 5.41) is 2.74. The van der Waals surface area contributed by atoms with Crippen LogP contribution in [0.1, 0.15) is 40.0 Å². The minimum absolute atomic E-state index is 0.179. The van der Waals surface area contributed by atoms with E-state index in [4.69, 9.17) is 4.74 Å². The van der Waals surface area contributed by atoms with Crippen molar-refractivity contribution in [3.63, 3.8) is 0 Å². The molecule has 0 spiro atoms. The molecule has 1 aromatic rings. The molecule has 0 bridgehead atoms. The highest BCUT2D eigenvalue weighted by atomic mass is 16.5. The lowest BCUT2D eigenvalue weighted by Crippen LogP contribution is -2.32. The van der Waals surface area contributed by atoms with Gasteiger partial charge in [-0.2, -0.15) is 0 Å². The van der Waals surface area contributed by atoms with E-state index in [-0.39, 0.29) is 22.7 Å². The molecule has 1 aliphatic rings. The Balaban J connectivity index is 2.13. The molecule has 25 heavy (non-hydrogen) atoms. The molecular formula is C18H24N2O5. The summed E-state index contributed by atoms with van der Waals surface area (Å²) >= 11 is 0. The molecule has 1 fully saturated rings. The molecule has 136 valence electrons. The van der Waals surface area contributed by atoms with E-state index in [2.05, 4.69) is 22.0 Å². The topological polar surface area (TPSA) is 84.9 Å². The fourth-order valence-corrected chi connectivity index (χ4v) is 2.91. The van der Waals surface area contributed by atoms with Gasteiger partial charge in [-0.25, -0.2) is 9.59 Å². The van der Waals surface area contributed by atoms with Crippen LogP contribution in [0.25, 0.3) is 0 Å². The van der Waals surface area contributed by atoms with Crippen LogP contribution in [0.2, 0.25) is 0 Å². The first-order valence-corrected chi connectivity index (χ1v) is 8.23. The molecule has 0 saturated carbocycles. The van der Waals surface area contributed by atoms with E-state index in [1.54, 1.807) is 0 Å². The smallest absolute Gasteiger partial charge is 0.339 e. The molecule has 7 heteroatoms. The van der Waals surface area contributed by atoms with Crippen LogP contribution in [0.3, 0.4) is 0 Å². The van der Waals surface area contributed by atoms with E-state index < -0.39 is 11.9 Å². The quantitative estimate of drug-likeness (QED) is 0.819. The van der Waals surface area contributed by atoms with Gasteiger partial charge in [0, 0.05) is 6.42 Å². The molecule has 7 nitrogen and oxygen atoms in total. The Labute approximate surface area is 147 Å². The summed E-state index contributed by atoms with van der Waals surface area (Å²) in [6, 6.07) is 4.35. The average Bonchev–Trinajstić information content (AvgIpc) is 2.62. The molecule has 1 N–H and O–H groups in total. The van der Waals surface area contributed by atoms with Crippen molar-refractivity contribution in [3.8, 4) is 0 Å². The molecule has 0 unspecified atom stereocenters. The van der Waals surface area contributed by atoms with E-state index in [0.717, 1.165) is 25.9 Å². The number of likely N-dealkylation sites (tertiary alicyclic amines) is 1. The number of benzene rings is 1. The van der Waals surface area contributed by atoms with Crippen LogP contribution in [0.5, 0.6) is 0 Å². The average molecular weight is 348 g/mol. The van der Waals surface area contributed by atoms with Gasteiger partial charge in [0.2, 0.25) is 5.91 Å². The minimum Gasteiger partial charge on any atom is -0.465 e. The maximum absolute atomic E-state index is 12.4. The van der Waals surface area contributed by atoms with Crippen LogP contribution < -0.4 is 5.32 Å². The Morgan fingerprint density at radius 2 is 1.76 bits per heavy atom. The van der Waals surface area contributed by atoms with Gasteiger partial charge in [-0.3, -0.25) is 4.79 Å². The SMILES string of the molecule is COC(=O)c1ccc(C(=O)OC)c(NC(=O)CC2CCN(C)CC2)c1. The largest absolute Gasteiger partial charge is 0.465 e. The molecular weight excluding hydrogens is 324 g/mol. The van der Waals surface area contributed by atoms with Crippen molar-refractivity contribution >= 4 is 23.5 Å². The molecule has 1 amide bonds. The van der Waals surface area contributed by atoms with Gasteiger partial charge in [0.15, 0.2) is 0 Å². The van der Waals surface area contributed by atoms with Gasteiger partial charge >= 0.3 is 11.9 Å². The van der Waals surface area contributed by atoms with Crippen molar-refractivity contribution in [3.05, 3.63) is 29.3 Å². The Hall–Kier alpha value is -2.41. The molecule has 1 heterocycles. The fourth-order valence-electron chi connectivity index (χ4n) is 2.91. The number of esters is 2. The molecule has 1 aromatic carbocycles. The second-order valence-electron chi connectivity index (χ2n) is 6.24. The van der Waals surface area contributed by atoms with Crippen LogP contribution in [-0.2, 0) is 14.3 Å². The zero-order valence-corrected chi connectivity index (χ0v) is 14.8. The number of amides is 1. The molecule has 2 rings (SSSR count). The van der Waals surface area contributed by atoms with Crippen LogP contribution in [0.4, 0.5) is 5.69 Å². The fraction of sp³-hybridized carbons (Fsp3) is 0.500. The molecule has 1 saturated heterocycles. The number of hydrogen-bond donors (Lipinski definition) is 1. The Bertz CT molecular complexity index is 651. The summed E-state index contributed by atoms with van der Waals surface area (Å²) in [6.45, 7) is 1.95. The van der Waals surface area contributed by atoms with E-state index in [1.165, 1.54) is 32.4 Å². The monoisotopic (exact) mass is 348 g/mol. The van der Waals surface area contributed by atoms with Crippen LogP contribution in [0, 0.1) is 5.92 Å². The standard InChI is InChI=1S/C18H24N2O5/c1-20-8-6-12(7-9-20)10-16(21)19-15-11-13(17(22)24-2)4-5-14(15)18(23)25-3/h4-5,11-12H,6-10H2,1-3H3,(H,19,21). The van der Waals surface area contributed by atoms with Crippen molar-refractivity contribution in [1.29, 1.82) is 0 Å². The van der Waals surface area contributed by atoms with Gasteiger partial charge in [0.05, 0.1) is 31.0 Å². The molecule has 0 aliphatic carbocycles. The van der Waals surface area contributed by atoms with Crippen LogP contribution in [-0.4, -0.2) is 57.1 Å². The summed E-state index contributed by atoms with van der Waals surface area (Å²) < 4.78 is 9.42. The number of anilines is 1. The lowest BCUT2D eigenvalue weighted by Gasteiger charge is -2.28. The van der Waals surface area contributed by atoms with Crippen LogP contribution >= 0.6 is 0 Å². The van der Waals surface area contributed by atoms with Gasteiger partial charge in [-0.1, -0.05) is 0 Å². The first kappa shape index (κ1) is 18.9. The van der Waals surface area contributed by atoms with Gasteiger partial charge in [-0.15, -0.1) is 0 Å². The van der Waals surface area contributed by atoms with Gasteiger partial charge in [-0.05, 0) is 57.1 Å². The summed E-state index contributed by atoms with van der Waals surface area (Å²) in [4.78, 5) is 38.2. The van der Waals surface area contributed by atoms with E-state index in [9.17, 15) is 14.4 Å². The van der Waals surface area contributed by atoms with Crippen molar-refractivity contribution in [2.24, 2.45) is 5.92 Å². The number of nitrogens with one attached hydrogen (secondary N) is 1. The number of methoxy groups -OCH3 is 2. The first-order valence-electron chi connectivity index (χ1n) is 8.23. The molecule has 0 aromatic heterocycles. The first-order chi connectivity index (χ1) is 11.9.